The highest BCUT2D eigenvalue weighted by Gasteiger charge is 2.23. The molecule has 2 aromatic rings. The van der Waals surface area contributed by atoms with Gasteiger partial charge in [0.05, 0.1) is 10.5 Å². The number of anilines is 1. The second-order valence-corrected chi connectivity index (χ2v) is 6.62. The van der Waals surface area contributed by atoms with Crippen molar-refractivity contribution in [3.8, 4) is 0 Å². The molecule has 0 fully saturated rings. The summed E-state index contributed by atoms with van der Waals surface area (Å²) in [4.78, 5) is 36.7. The molecule has 0 aliphatic rings. The summed E-state index contributed by atoms with van der Waals surface area (Å²) in [5, 5.41) is 14.4. The average Bonchev–Trinajstić information content (AvgIpc) is 2.66. The standard InChI is InChI=1S/C19H20ClN3O5/c1-12(18(24)21-11-14-6-4-5-7-15(14)20)28-19(25)13-8-9-16(22(2)3)17(10-13)23(26)27/h4-10,12H,11H2,1-3H3,(H,21,24). The van der Waals surface area contributed by atoms with Crippen molar-refractivity contribution in [3.05, 3.63) is 68.7 Å². The van der Waals surface area contributed by atoms with Gasteiger partial charge in [0.2, 0.25) is 0 Å². The summed E-state index contributed by atoms with van der Waals surface area (Å²) in [6.45, 7) is 1.60. The molecular weight excluding hydrogens is 386 g/mol. The molecule has 0 saturated carbocycles. The third-order valence-corrected chi connectivity index (χ3v) is 4.32. The maximum Gasteiger partial charge on any atom is 0.339 e. The largest absolute Gasteiger partial charge is 0.449 e. The van der Waals surface area contributed by atoms with Crippen molar-refractivity contribution in [2.24, 2.45) is 0 Å². The minimum absolute atomic E-state index is 0.0111. The van der Waals surface area contributed by atoms with E-state index in [0.717, 1.165) is 11.6 Å². The van der Waals surface area contributed by atoms with Crippen molar-refractivity contribution in [2.75, 3.05) is 19.0 Å². The molecule has 0 bridgehead atoms. The molecule has 0 saturated heterocycles. The van der Waals surface area contributed by atoms with Gasteiger partial charge in [-0.3, -0.25) is 14.9 Å². The molecule has 2 aromatic carbocycles. The first kappa shape index (κ1) is 21.2. The molecule has 0 heterocycles. The number of hydrogen-bond acceptors (Lipinski definition) is 6. The van der Waals surface area contributed by atoms with Crippen LogP contribution < -0.4 is 10.2 Å². The van der Waals surface area contributed by atoms with Crippen LogP contribution in [0.3, 0.4) is 0 Å². The number of benzene rings is 2. The Kier molecular flexibility index (Phi) is 6.94. The van der Waals surface area contributed by atoms with E-state index in [2.05, 4.69) is 5.32 Å². The molecule has 148 valence electrons. The van der Waals surface area contributed by atoms with Crippen LogP contribution in [0.25, 0.3) is 0 Å². The topological polar surface area (TPSA) is 102 Å². The van der Waals surface area contributed by atoms with Crippen molar-refractivity contribution in [3.63, 3.8) is 0 Å². The van der Waals surface area contributed by atoms with E-state index in [1.807, 2.05) is 0 Å². The highest BCUT2D eigenvalue weighted by molar-refractivity contribution is 6.31. The molecule has 1 N–H and O–H groups in total. The van der Waals surface area contributed by atoms with Crippen LogP contribution in [0.5, 0.6) is 0 Å². The normalized spacial score (nSPS) is 11.4. The van der Waals surface area contributed by atoms with Crippen LogP contribution in [0, 0.1) is 10.1 Å². The minimum Gasteiger partial charge on any atom is -0.449 e. The number of ether oxygens (including phenoxy) is 1. The molecule has 0 radical (unpaired) electrons. The number of esters is 1. The lowest BCUT2D eigenvalue weighted by molar-refractivity contribution is -0.384. The Labute approximate surface area is 167 Å². The van der Waals surface area contributed by atoms with Gasteiger partial charge in [-0.25, -0.2) is 4.79 Å². The lowest BCUT2D eigenvalue weighted by atomic mass is 10.1. The number of carbonyl (C=O) groups is 2. The summed E-state index contributed by atoms with van der Waals surface area (Å²) >= 11 is 6.03. The van der Waals surface area contributed by atoms with Crippen molar-refractivity contribution in [2.45, 2.75) is 19.6 Å². The lowest BCUT2D eigenvalue weighted by Gasteiger charge is -2.15. The van der Waals surface area contributed by atoms with E-state index >= 15 is 0 Å². The molecule has 2 rings (SSSR count). The molecule has 28 heavy (non-hydrogen) atoms. The van der Waals surface area contributed by atoms with Gasteiger partial charge in [0, 0.05) is 31.7 Å². The lowest BCUT2D eigenvalue weighted by Crippen LogP contribution is -2.35. The molecule has 0 aliphatic heterocycles. The Morgan fingerprint density at radius 2 is 1.93 bits per heavy atom. The Hall–Kier alpha value is -3.13. The molecule has 0 spiro atoms. The zero-order valence-corrected chi connectivity index (χ0v) is 16.4. The monoisotopic (exact) mass is 405 g/mol. The minimum atomic E-state index is -1.08. The van der Waals surface area contributed by atoms with Gasteiger partial charge in [-0.1, -0.05) is 29.8 Å². The van der Waals surface area contributed by atoms with Crippen molar-refractivity contribution >= 4 is 34.9 Å². The Morgan fingerprint density at radius 3 is 2.54 bits per heavy atom. The summed E-state index contributed by atoms with van der Waals surface area (Å²) in [6.07, 6.45) is -1.08. The maximum atomic E-state index is 12.3. The predicted molar refractivity (Wildman–Crippen MR) is 106 cm³/mol. The SMILES string of the molecule is CC(OC(=O)c1ccc(N(C)C)c([N+](=O)[O-])c1)C(=O)NCc1ccccc1Cl. The Bertz CT molecular complexity index is 901. The Balaban J connectivity index is 2.03. The highest BCUT2D eigenvalue weighted by Crippen LogP contribution is 2.28. The number of nitro benzene ring substituents is 1. The third-order valence-electron chi connectivity index (χ3n) is 3.95. The van der Waals surface area contributed by atoms with E-state index in [1.54, 1.807) is 43.3 Å². The fourth-order valence-corrected chi connectivity index (χ4v) is 2.63. The van der Waals surface area contributed by atoms with Crippen molar-refractivity contribution < 1.29 is 19.2 Å². The van der Waals surface area contributed by atoms with Gasteiger partial charge < -0.3 is 15.0 Å². The van der Waals surface area contributed by atoms with Gasteiger partial charge in [0.1, 0.15) is 5.69 Å². The fraction of sp³-hybridized carbons (Fsp3) is 0.263. The maximum absolute atomic E-state index is 12.3. The molecule has 9 heteroatoms. The van der Waals surface area contributed by atoms with E-state index < -0.39 is 22.9 Å². The van der Waals surface area contributed by atoms with E-state index in [9.17, 15) is 19.7 Å². The number of halogens is 1. The summed E-state index contributed by atoms with van der Waals surface area (Å²) in [6, 6.07) is 11.0. The first-order valence-corrected chi connectivity index (χ1v) is 8.76. The molecule has 1 amide bonds. The van der Waals surface area contributed by atoms with Crippen LogP contribution >= 0.6 is 11.6 Å². The second kappa shape index (κ2) is 9.18. The van der Waals surface area contributed by atoms with E-state index in [4.69, 9.17) is 16.3 Å². The summed E-state index contributed by atoms with van der Waals surface area (Å²) in [5.41, 5.74) is 0.844. The van der Waals surface area contributed by atoms with Crippen LogP contribution in [-0.4, -0.2) is 37.0 Å². The van der Waals surface area contributed by atoms with Crippen LogP contribution in [-0.2, 0) is 16.1 Å². The van der Waals surface area contributed by atoms with Crippen LogP contribution in [0.1, 0.15) is 22.8 Å². The van der Waals surface area contributed by atoms with E-state index in [-0.39, 0.29) is 17.8 Å². The first-order valence-electron chi connectivity index (χ1n) is 8.38. The first-order chi connectivity index (χ1) is 13.2. The van der Waals surface area contributed by atoms with Crippen LogP contribution in [0.15, 0.2) is 42.5 Å². The number of carbonyl (C=O) groups excluding carboxylic acids is 2. The zero-order chi connectivity index (χ0) is 20.8. The number of nitro groups is 1. The molecule has 8 nitrogen and oxygen atoms in total. The predicted octanol–water partition coefficient (Wildman–Crippen LogP) is 3.18. The van der Waals surface area contributed by atoms with Gasteiger partial charge in [0.15, 0.2) is 6.10 Å². The van der Waals surface area contributed by atoms with Gasteiger partial charge in [0.25, 0.3) is 11.6 Å². The molecular formula is C19H20ClN3O5. The molecule has 0 aromatic heterocycles. The van der Waals surface area contributed by atoms with E-state index in [0.29, 0.717) is 10.7 Å². The number of hydrogen-bond donors (Lipinski definition) is 1. The van der Waals surface area contributed by atoms with Crippen LogP contribution in [0.2, 0.25) is 5.02 Å². The van der Waals surface area contributed by atoms with Gasteiger partial charge >= 0.3 is 5.97 Å². The fourth-order valence-electron chi connectivity index (χ4n) is 2.42. The number of amides is 1. The third kappa shape index (κ3) is 5.20. The zero-order valence-electron chi connectivity index (χ0n) is 15.6. The molecule has 1 unspecified atom stereocenters. The van der Waals surface area contributed by atoms with Gasteiger partial charge in [-0.05, 0) is 30.7 Å². The summed E-state index contributed by atoms with van der Waals surface area (Å²) in [7, 11) is 3.32. The Morgan fingerprint density at radius 1 is 1.25 bits per heavy atom. The van der Waals surface area contributed by atoms with Gasteiger partial charge in [-0.2, -0.15) is 0 Å². The molecule has 0 aliphatic carbocycles. The van der Waals surface area contributed by atoms with E-state index in [1.165, 1.54) is 19.1 Å². The average molecular weight is 406 g/mol. The number of nitrogens with one attached hydrogen (secondary N) is 1. The quantitative estimate of drug-likeness (QED) is 0.431. The van der Waals surface area contributed by atoms with Crippen molar-refractivity contribution in [1.82, 2.24) is 5.32 Å². The summed E-state index contributed by atoms with van der Waals surface area (Å²) in [5.74, 6) is -1.33. The molecule has 1 atom stereocenters. The summed E-state index contributed by atoms with van der Waals surface area (Å²) < 4.78 is 5.13. The number of rotatable bonds is 7. The second-order valence-electron chi connectivity index (χ2n) is 6.21. The van der Waals surface area contributed by atoms with Crippen LogP contribution in [0.4, 0.5) is 11.4 Å². The highest BCUT2D eigenvalue weighted by atomic mass is 35.5. The van der Waals surface area contributed by atoms with Crippen molar-refractivity contribution in [1.29, 1.82) is 0 Å². The van der Waals surface area contributed by atoms with Gasteiger partial charge in [-0.15, -0.1) is 0 Å². The number of nitrogens with zero attached hydrogens (tertiary/aromatic N) is 2. The smallest absolute Gasteiger partial charge is 0.339 e.